The van der Waals surface area contributed by atoms with E-state index in [0.717, 1.165) is 10.5 Å². The molecule has 1 aliphatic rings. The summed E-state index contributed by atoms with van der Waals surface area (Å²) in [6, 6.07) is 3.13. The molecule has 8 nitrogen and oxygen atoms in total. The van der Waals surface area contributed by atoms with Crippen LogP contribution >= 0.6 is 0 Å². The number of methoxy groups -OCH3 is 1. The third-order valence-electron chi connectivity index (χ3n) is 3.73. The predicted molar refractivity (Wildman–Crippen MR) is 86.2 cm³/mol. The average molecular weight is 334 g/mol. The van der Waals surface area contributed by atoms with Crippen LogP contribution in [0.25, 0.3) is 0 Å². The second-order valence-corrected chi connectivity index (χ2v) is 6.10. The lowest BCUT2D eigenvalue weighted by Gasteiger charge is -2.15. The van der Waals surface area contributed by atoms with E-state index in [9.17, 15) is 14.4 Å². The van der Waals surface area contributed by atoms with Crippen LogP contribution in [-0.4, -0.2) is 46.9 Å². The van der Waals surface area contributed by atoms with Crippen LogP contribution in [0.5, 0.6) is 5.88 Å². The number of nitrogens with one attached hydrogen (secondary N) is 2. The Morgan fingerprint density at radius 2 is 2.17 bits per heavy atom. The van der Waals surface area contributed by atoms with E-state index >= 15 is 0 Å². The van der Waals surface area contributed by atoms with Crippen LogP contribution in [0.15, 0.2) is 18.3 Å². The summed E-state index contributed by atoms with van der Waals surface area (Å²) in [7, 11) is 1.53. The maximum absolute atomic E-state index is 12.0. The van der Waals surface area contributed by atoms with E-state index in [2.05, 4.69) is 15.6 Å². The summed E-state index contributed by atoms with van der Waals surface area (Å²) in [6.45, 7) is 3.91. The molecule has 130 valence electrons. The molecule has 0 aliphatic carbocycles. The molecule has 2 N–H and O–H groups in total. The molecule has 1 saturated heterocycles. The Hall–Kier alpha value is -2.64. The highest BCUT2D eigenvalue weighted by atomic mass is 16.5. The number of rotatable bonds is 7. The molecule has 0 unspecified atom stereocenters. The second kappa shape index (κ2) is 7.29. The maximum Gasteiger partial charge on any atom is 0.325 e. The zero-order chi connectivity index (χ0) is 17.7. The molecule has 2 rings (SSSR count). The molecule has 0 bridgehead atoms. The fraction of sp³-hybridized carbons (Fsp3) is 0.500. The summed E-state index contributed by atoms with van der Waals surface area (Å²) in [6.07, 6.45) is 2.26. The highest BCUT2D eigenvalue weighted by molar-refractivity contribution is 6.06. The first-order chi connectivity index (χ1) is 11.3. The van der Waals surface area contributed by atoms with Crippen molar-refractivity contribution in [2.24, 2.45) is 0 Å². The minimum absolute atomic E-state index is 0.142. The lowest BCUT2D eigenvalue weighted by molar-refractivity contribution is -0.130. The molecule has 4 amide bonds. The van der Waals surface area contributed by atoms with E-state index in [0.29, 0.717) is 18.8 Å². The minimum Gasteiger partial charge on any atom is -0.481 e. The van der Waals surface area contributed by atoms with E-state index in [-0.39, 0.29) is 24.8 Å². The first kappa shape index (κ1) is 17.7. The predicted octanol–water partition coefficient (Wildman–Crippen LogP) is 0.817. The summed E-state index contributed by atoms with van der Waals surface area (Å²) in [4.78, 5) is 40.8. The molecular weight excluding hydrogens is 312 g/mol. The minimum atomic E-state index is -0.875. The number of carbonyl (C=O) groups is 3. The lowest BCUT2D eigenvalue weighted by Crippen LogP contribution is -2.40. The number of ether oxygens (including phenoxy) is 1. The Kier molecular flexibility index (Phi) is 5.38. The molecule has 1 aromatic rings. The molecule has 0 aromatic carbocycles. The van der Waals surface area contributed by atoms with Crippen molar-refractivity contribution in [1.29, 1.82) is 0 Å². The number of aromatic nitrogens is 1. The van der Waals surface area contributed by atoms with E-state index in [1.165, 1.54) is 7.11 Å². The first-order valence-electron chi connectivity index (χ1n) is 7.73. The first-order valence-corrected chi connectivity index (χ1v) is 7.73. The summed E-state index contributed by atoms with van der Waals surface area (Å²) in [5.41, 5.74) is 0.00535. The Morgan fingerprint density at radius 1 is 1.42 bits per heavy atom. The third kappa shape index (κ3) is 4.21. The van der Waals surface area contributed by atoms with Crippen LogP contribution in [0.4, 0.5) is 4.79 Å². The van der Waals surface area contributed by atoms with E-state index in [4.69, 9.17) is 4.74 Å². The fourth-order valence-corrected chi connectivity index (χ4v) is 2.38. The van der Waals surface area contributed by atoms with Gasteiger partial charge in [0.15, 0.2) is 0 Å². The quantitative estimate of drug-likeness (QED) is 0.719. The Bertz CT molecular complexity index is 645. The van der Waals surface area contributed by atoms with Gasteiger partial charge in [-0.3, -0.25) is 14.5 Å². The maximum atomic E-state index is 12.0. The van der Waals surface area contributed by atoms with Crippen molar-refractivity contribution < 1.29 is 19.1 Å². The summed E-state index contributed by atoms with van der Waals surface area (Å²) in [5, 5.41) is 5.40. The Balaban J connectivity index is 1.74. The molecule has 0 radical (unpaired) electrons. The van der Waals surface area contributed by atoms with Gasteiger partial charge in [0.05, 0.1) is 7.11 Å². The highest BCUT2D eigenvalue weighted by Gasteiger charge is 2.43. The topological polar surface area (TPSA) is 101 Å². The van der Waals surface area contributed by atoms with Gasteiger partial charge in [0, 0.05) is 31.8 Å². The SMILES string of the molecule is COc1cc(CNC(=O)CCCN2C(=O)NC(C)(C)C2=O)ccn1. The van der Waals surface area contributed by atoms with Crippen molar-refractivity contribution in [3.8, 4) is 5.88 Å². The number of imide groups is 1. The van der Waals surface area contributed by atoms with Crippen molar-refractivity contribution in [3.63, 3.8) is 0 Å². The van der Waals surface area contributed by atoms with Crippen LogP contribution in [0.3, 0.4) is 0 Å². The molecule has 24 heavy (non-hydrogen) atoms. The molecule has 8 heteroatoms. The van der Waals surface area contributed by atoms with E-state index in [1.54, 1.807) is 32.2 Å². The number of hydrogen-bond acceptors (Lipinski definition) is 5. The zero-order valence-corrected chi connectivity index (χ0v) is 14.1. The molecule has 0 saturated carbocycles. The smallest absolute Gasteiger partial charge is 0.325 e. The summed E-state index contributed by atoms with van der Waals surface area (Å²) in [5.74, 6) is 0.0804. The normalized spacial score (nSPS) is 16.0. The van der Waals surface area contributed by atoms with Crippen molar-refractivity contribution >= 4 is 17.8 Å². The molecule has 1 fully saturated rings. The van der Waals surface area contributed by atoms with E-state index < -0.39 is 11.6 Å². The van der Waals surface area contributed by atoms with Crippen molar-refractivity contribution in [2.75, 3.05) is 13.7 Å². The number of urea groups is 1. The Labute approximate surface area is 140 Å². The summed E-state index contributed by atoms with van der Waals surface area (Å²) >= 11 is 0. The zero-order valence-electron chi connectivity index (χ0n) is 14.1. The van der Waals surface area contributed by atoms with Crippen LogP contribution in [0.2, 0.25) is 0 Å². The number of carbonyl (C=O) groups excluding carboxylic acids is 3. The van der Waals surface area contributed by atoms with Gasteiger partial charge in [0.1, 0.15) is 5.54 Å². The van der Waals surface area contributed by atoms with Crippen molar-refractivity contribution in [2.45, 2.75) is 38.8 Å². The van der Waals surface area contributed by atoms with Gasteiger partial charge in [-0.25, -0.2) is 9.78 Å². The number of nitrogens with zero attached hydrogens (tertiary/aromatic N) is 2. The van der Waals surface area contributed by atoms with Gasteiger partial charge in [0.25, 0.3) is 5.91 Å². The van der Waals surface area contributed by atoms with Crippen molar-refractivity contribution in [1.82, 2.24) is 20.5 Å². The van der Waals surface area contributed by atoms with Gasteiger partial charge < -0.3 is 15.4 Å². The molecule has 0 spiro atoms. The van der Waals surface area contributed by atoms with E-state index in [1.807, 2.05) is 0 Å². The number of hydrogen-bond donors (Lipinski definition) is 2. The molecule has 2 heterocycles. The average Bonchev–Trinajstić information content (AvgIpc) is 2.74. The number of amides is 4. The Morgan fingerprint density at radius 3 is 2.79 bits per heavy atom. The van der Waals surface area contributed by atoms with Gasteiger partial charge in [-0.2, -0.15) is 0 Å². The van der Waals surface area contributed by atoms with Gasteiger partial charge in [-0.15, -0.1) is 0 Å². The monoisotopic (exact) mass is 334 g/mol. The van der Waals surface area contributed by atoms with Gasteiger partial charge >= 0.3 is 6.03 Å². The highest BCUT2D eigenvalue weighted by Crippen LogP contribution is 2.17. The number of pyridine rings is 1. The van der Waals surface area contributed by atoms with Crippen LogP contribution < -0.4 is 15.4 Å². The van der Waals surface area contributed by atoms with Crippen LogP contribution in [-0.2, 0) is 16.1 Å². The lowest BCUT2D eigenvalue weighted by atomic mass is 10.1. The van der Waals surface area contributed by atoms with Crippen LogP contribution in [0.1, 0.15) is 32.3 Å². The molecular formula is C16H22N4O4. The standard InChI is InChI=1S/C16H22N4O4/c1-16(2)14(22)20(15(23)19-16)8-4-5-12(21)18-10-11-6-7-17-13(9-11)24-3/h6-7,9H,4-5,8,10H2,1-3H3,(H,18,21)(H,19,23). The fourth-order valence-electron chi connectivity index (χ4n) is 2.38. The van der Waals surface area contributed by atoms with Gasteiger partial charge in [-0.05, 0) is 31.9 Å². The molecule has 1 aromatic heterocycles. The van der Waals surface area contributed by atoms with Gasteiger partial charge in [0.2, 0.25) is 11.8 Å². The third-order valence-corrected chi connectivity index (χ3v) is 3.73. The summed E-state index contributed by atoms with van der Waals surface area (Å²) < 4.78 is 5.02. The largest absolute Gasteiger partial charge is 0.481 e. The molecule has 1 aliphatic heterocycles. The second-order valence-electron chi connectivity index (χ2n) is 6.10. The van der Waals surface area contributed by atoms with Gasteiger partial charge in [-0.1, -0.05) is 0 Å². The van der Waals surface area contributed by atoms with Crippen molar-refractivity contribution in [3.05, 3.63) is 23.9 Å². The van der Waals surface area contributed by atoms with Crippen LogP contribution in [0, 0.1) is 0 Å². The molecule has 0 atom stereocenters.